The van der Waals surface area contributed by atoms with Gasteiger partial charge in [-0.1, -0.05) is 48.5 Å². The van der Waals surface area contributed by atoms with Gasteiger partial charge in [0.2, 0.25) is 0 Å². The third-order valence-electron chi connectivity index (χ3n) is 6.52. The van der Waals surface area contributed by atoms with E-state index in [-0.39, 0.29) is 4.90 Å². The minimum absolute atomic E-state index is 0.170. The Morgan fingerprint density at radius 1 is 0.805 bits per heavy atom. The Morgan fingerprint density at radius 3 is 2.24 bits per heavy atom. The molecule has 9 heteroatoms. The Morgan fingerprint density at radius 2 is 1.51 bits per heavy atom. The van der Waals surface area contributed by atoms with Gasteiger partial charge in [-0.05, 0) is 66.2 Å². The average molecular weight is 563 g/mol. The zero-order valence-corrected chi connectivity index (χ0v) is 23.0. The highest BCUT2D eigenvalue weighted by Crippen LogP contribution is 2.34. The van der Waals surface area contributed by atoms with E-state index < -0.39 is 10.0 Å². The van der Waals surface area contributed by atoms with E-state index >= 15 is 0 Å². The van der Waals surface area contributed by atoms with Crippen LogP contribution in [0.3, 0.4) is 0 Å². The number of aromatic nitrogens is 3. The van der Waals surface area contributed by atoms with Crippen molar-refractivity contribution in [1.29, 1.82) is 0 Å². The first kappa shape index (κ1) is 26.1. The maximum Gasteiger partial charge on any atom is 0.268 e. The fourth-order valence-electron chi connectivity index (χ4n) is 4.51. The maximum absolute atomic E-state index is 14.0. The molecule has 0 saturated heterocycles. The van der Waals surface area contributed by atoms with Crippen LogP contribution >= 0.6 is 0 Å². The fourth-order valence-corrected chi connectivity index (χ4v) is 6.05. The second-order valence-electron chi connectivity index (χ2n) is 9.25. The second kappa shape index (κ2) is 11.1. The molecule has 0 bridgehead atoms. The summed E-state index contributed by atoms with van der Waals surface area (Å²) in [5.41, 5.74) is 3.11. The topological polar surface area (TPSA) is 95.3 Å². The Balaban J connectivity index is 1.42. The van der Waals surface area contributed by atoms with E-state index in [9.17, 15) is 8.42 Å². The van der Waals surface area contributed by atoms with Gasteiger partial charge in [-0.2, -0.15) is 0 Å². The van der Waals surface area contributed by atoms with Crippen LogP contribution in [0.1, 0.15) is 5.56 Å². The highest BCUT2D eigenvalue weighted by molar-refractivity contribution is 7.90. The molecule has 8 nitrogen and oxygen atoms in total. The second-order valence-corrected chi connectivity index (χ2v) is 11.0. The normalized spacial score (nSPS) is 11.3. The van der Waals surface area contributed by atoms with E-state index in [2.05, 4.69) is 10.3 Å². The lowest BCUT2D eigenvalue weighted by molar-refractivity contribution is 0.306. The van der Waals surface area contributed by atoms with E-state index in [1.165, 1.54) is 3.97 Å². The quantitative estimate of drug-likeness (QED) is 0.210. The zero-order chi connectivity index (χ0) is 28.2. The highest BCUT2D eigenvalue weighted by atomic mass is 32.2. The van der Waals surface area contributed by atoms with Gasteiger partial charge < -0.3 is 14.8 Å². The number of nitrogens with zero attached hydrogens (tertiary/aromatic N) is 3. The van der Waals surface area contributed by atoms with Gasteiger partial charge in [0.05, 0.1) is 35.6 Å². The minimum atomic E-state index is -3.97. The van der Waals surface area contributed by atoms with Crippen LogP contribution in [-0.4, -0.2) is 29.5 Å². The number of fused-ring (bicyclic) bond motifs is 1. The number of nitrogens with one attached hydrogen (secondary N) is 1. The molecule has 0 fully saturated rings. The molecule has 0 aliphatic rings. The predicted molar refractivity (Wildman–Crippen MR) is 159 cm³/mol. The molecule has 0 atom stereocenters. The molecule has 0 saturated carbocycles. The smallest absolute Gasteiger partial charge is 0.268 e. The summed E-state index contributed by atoms with van der Waals surface area (Å²) in [4.78, 5) is 9.25. The first-order valence-corrected chi connectivity index (χ1v) is 14.3. The van der Waals surface area contributed by atoms with E-state index in [4.69, 9.17) is 14.5 Å². The summed E-state index contributed by atoms with van der Waals surface area (Å²) in [7, 11) is -2.37. The summed E-state index contributed by atoms with van der Waals surface area (Å²) in [5.74, 6) is 1.83. The molecule has 41 heavy (non-hydrogen) atoms. The number of rotatable bonds is 9. The van der Waals surface area contributed by atoms with Crippen LogP contribution in [0.5, 0.6) is 11.5 Å². The summed E-state index contributed by atoms with van der Waals surface area (Å²) in [6, 6.07) is 32.8. The number of ether oxygens (including phenoxy) is 2. The Kier molecular flexibility index (Phi) is 7.09. The van der Waals surface area contributed by atoms with Gasteiger partial charge in [-0.15, -0.1) is 0 Å². The number of methoxy groups -OCH3 is 1. The Bertz CT molecular complexity index is 1910. The average Bonchev–Trinajstić information content (AvgIpc) is 3.41. The van der Waals surface area contributed by atoms with Crippen LogP contribution in [0, 0.1) is 0 Å². The van der Waals surface area contributed by atoms with Crippen LogP contribution < -0.4 is 14.8 Å². The van der Waals surface area contributed by atoms with Gasteiger partial charge in [-0.25, -0.2) is 17.4 Å². The maximum atomic E-state index is 14.0. The van der Waals surface area contributed by atoms with Crippen molar-refractivity contribution in [3.05, 3.63) is 127 Å². The Labute approximate surface area is 237 Å². The third-order valence-corrected chi connectivity index (χ3v) is 8.26. The number of hydrogen-bond acceptors (Lipinski definition) is 7. The summed E-state index contributed by atoms with van der Waals surface area (Å²) in [6.45, 7) is 0.396. The molecule has 1 N–H and O–H groups in total. The van der Waals surface area contributed by atoms with Crippen molar-refractivity contribution < 1.29 is 17.9 Å². The molecular weight excluding hydrogens is 536 g/mol. The van der Waals surface area contributed by atoms with E-state index in [0.717, 1.165) is 17.0 Å². The molecule has 0 aliphatic heterocycles. The molecule has 0 radical (unpaired) electrons. The zero-order valence-electron chi connectivity index (χ0n) is 22.1. The van der Waals surface area contributed by atoms with Gasteiger partial charge in [0.25, 0.3) is 10.0 Å². The molecule has 4 aromatic carbocycles. The molecule has 0 unspecified atom stereocenters. The summed E-state index contributed by atoms with van der Waals surface area (Å²) >= 11 is 0. The molecule has 0 aliphatic carbocycles. The predicted octanol–water partition coefficient (Wildman–Crippen LogP) is 6.67. The van der Waals surface area contributed by atoms with Gasteiger partial charge >= 0.3 is 0 Å². The Hall–Kier alpha value is -5.15. The van der Waals surface area contributed by atoms with Gasteiger partial charge in [-0.3, -0.25) is 4.98 Å². The van der Waals surface area contributed by atoms with Gasteiger partial charge in [0, 0.05) is 11.1 Å². The summed E-state index contributed by atoms with van der Waals surface area (Å²) in [5, 5.41) is 3.92. The third kappa shape index (κ3) is 5.48. The monoisotopic (exact) mass is 562 g/mol. The van der Waals surface area contributed by atoms with Crippen LogP contribution in [0.25, 0.3) is 22.3 Å². The first-order valence-electron chi connectivity index (χ1n) is 12.9. The first-order chi connectivity index (χ1) is 20.0. The van der Waals surface area contributed by atoms with Crippen molar-refractivity contribution in [3.63, 3.8) is 0 Å². The van der Waals surface area contributed by atoms with Crippen molar-refractivity contribution in [1.82, 2.24) is 13.9 Å². The van der Waals surface area contributed by atoms with Crippen molar-refractivity contribution >= 4 is 32.4 Å². The minimum Gasteiger partial charge on any atom is -0.497 e. The van der Waals surface area contributed by atoms with Crippen LogP contribution in [0.4, 0.5) is 11.5 Å². The fraction of sp³-hybridized carbons (Fsp3) is 0.0625. The lowest BCUT2D eigenvalue weighted by Crippen LogP contribution is -2.14. The van der Waals surface area contributed by atoms with E-state index in [0.29, 0.717) is 40.5 Å². The summed E-state index contributed by atoms with van der Waals surface area (Å²) in [6.07, 6.45) is 3.14. The van der Waals surface area contributed by atoms with Crippen molar-refractivity contribution in [2.75, 3.05) is 12.4 Å². The lowest BCUT2D eigenvalue weighted by Gasteiger charge is -2.13. The number of benzene rings is 4. The van der Waals surface area contributed by atoms with Crippen LogP contribution in [-0.2, 0) is 16.6 Å². The summed E-state index contributed by atoms with van der Waals surface area (Å²) < 4.78 is 40.6. The lowest BCUT2D eigenvalue weighted by atomic mass is 10.2. The van der Waals surface area contributed by atoms with Gasteiger partial charge in [0.15, 0.2) is 0 Å². The molecule has 6 rings (SSSR count). The molecule has 204 valence electrons. The number of hydrogen-bond donors (Lipinski definition) is 1. The standard InChI is InChI=1S/C32H26N4O4S/c1-39-26-14-12-25(13-15-26)34-32-21-33-20-29(35-32)31-19-24-18-27(40-22-23-8-4-2-5-9-23)16-17-30(24)36(31)41(37,38)28-10-6-3-7-11-28/h2-21H,22H2,1H3,(H,34,35). The van der Waals surface area contributed by atoms with E-state index in [1.54, 1.807) is 68.0 Å². The van der Waals surface area contributed by atoms with Crippen molar-refractivity contribution in [2.45, 2.75) is 11.5 Å². The van der Waals surface area contributed by atoms with Crippen molar-refractivity contribution in [2.24, 2.45) is 0 Å². The molecule has 6 aromatic rings. The molecule has 0 amide bonds. The van der Waals surface area contributed by atoms with E-state index in [1.807, 2.05) is 60.7 Å². The highest BCUT2D eigenvalue weighted by Gasteiger charge is 2.25. The van der Waals surface area contributed by atoms with Gasteiger partial charge in [0.1, 0.15) is 29.6 Å². The van der Waals surface area contributed by atoms with Crippen LogP contribution in [0.2, 0.25) is 0 Å². The van der Waals surface area contributed by atoms with Crippen LogP contribution in [0.15, 0.2) is 126 Å². The molecule has 2 aromatic heterocycles. The van der Waals surface area contributed by atoms with Crippen molar-refractivity contribution in [3.8, 4) is 22.9 Å². The number of anilines is 2. The molecule has 0 spiro atoms. The molecule has 2 heterocycles. The molecular formula is C32H26N4O4S. The largest absolute Gasteiger partial charge is 0.497 e. The SMILES string of the molecule is COc1ccc(Nc2cncc(-c3cc4cc(OCc5ccccc5)ccc4n3S(=O)(=O)c3ccccc3)n2)cc1.